The maximum absolute atomic E-state index is 12.1. The number of benzene rings is 1. The summed E-state index contributed by atoms with van der Waals surface area (Å²) in [6.45, 7) is 3.50. The zero-order chi connectivity index (χ0) is 15.4. The van der Waals surface area contributed by atoms with Gasteiger partial charge in [-0.2, -0.15) is 0 Å². The summed E-state index contributed by atoms with van der Waals surface area (Å²) in [7, 11) is 0. The summed E-state index contributed by atoms with van der Waals surface area (Å²) in [5.74, 6) is -0.0369. The van der Waals surface area contributed by atoms with Crippen LogP contribution in [-0.2, 0) is 4.79 Å². The van der Waals surface area contributed by atoms with Crippen LogP contribution in [-0.4, -0.2) is 28.6 Å². The molecule has 7 heteroatoms. The maximum atomic E-state index is 12.1. The van der Waals surface area contributed by atoms with Gasteiger partial charge >= 0.3 is 0 Å². The lowest BCUT2D eigenvalue weighted by molar-refractivity contribution is -0.114. The molecule has 1 aromatic heterocycles. The highest BCUT2D eigenvalue weighted by Crippen LogP contribution is 2.15. The zero-order valence-electron chi connectivity index (χ0n) is 11.7. The molecule has 0 unspecified atom stereocenters. The van der Waals surface area contributed by atoms with Crippen molar-refractivity contribution in [3.63, 3.8) is 0 Å². The van der Waals surface area contributed by atoms with Crippen molar-refractivity contribution < 1.29 is 14.3 Å². The lowest BCUT2D eigenvalue weighted by Gasteiger charge is -2.05. The van der Waals surface area contributed by atoms with E-state index in [1.807, 2.05) is 0 Å². The van der Waals surface area contributed by atoms with Gasteiger partial charge in [-0.25, -0.2) is 4.68 Å². The molecule has 0 bridgehead atoms. The van der Waals surface area contributed by atoms with Crippen molar-refractivity contribution in [2.24, 2.45) is 0 Å². The van der Waals surface area contributed by atoms with Crippen molar-refractivity contribution >= 4 is 17.9 Å². The van der Waals surface area contributed by atoms with Gasteiger partial charge in [0.15, 0.2) is 6.29 Å². The van der Waals surface area contributed by atoms with E-state index < -0.39 is 5.56 Å². The molecule has 7 nitrogen and oxygen atoms in total. The summed E-state index contributed by atoms with van der Waals surface area (Å²) in [4.78, 5) is 34.0. The molecule has 2 rings (SSSR count). The number of nitrogens with one attached hydrogen (secondary N) is 2. The minimum Gasteiger partial charge on any atom is -0.478 e. The van der Waals surface area contributed by atoms with Crippen LogP contribution in [0.3, 0.4) is 0 Å². The molecule has 1 heterocycles. The summed E-state index contributed by atoms with van der Waals surface area (Å²) in [6, 6.07) is 6.61. The Hall–Kier alpha value is -2.83. The molecule has 1 aromatic carbocycles. The third-order valence-electron chi connectivity index (χ3n) is 2.74. The monoisotopic (exact) mass is 289 g/mol. The van der Waals surface area contributed by atoms with Crippen molar-refractivity contribution in [1.82, 2.24) is 9.78 Å². The van der Waals surface area contributed by atoms with Crippen LogP contribution in [0.2, 0.25) is 0 Å². The van der Waals surface area contributed by atoms with Gasteiger partial charge < -0.3 is 10.1 Å². The van der Waals surface area contributed by atoms with Crippen LogP contribution in [0, 0.1) is 0 Å². The highest BCUT2D eigenvalue weighted by Gasteiger charge is 2.15. The molecule has 0 saturated carbocycles. The summed E-state index contributed by atoms with van der Waals surface area (Å²) in [5, 5.41) is 5.37. The number of aromatic amines is 1. The number of nitrogens with zero attached hydrogens (tertiary/aromatic N) is 1. The Bertz CT molecular complexity index is 713. The predicted molar refractivity (Wildman–Crippen MR) is 77.2 cm³/mol. The third-order valence-corrected chi connectivity index (χ3v) is 2.74. The van der Waals surface area contributed by atoms with E-state index in [4.69, 9.17) is 4.74 Å². The van der Waals surface area contributed by atoms with E-state index in [2.05, 4.69) is 10.4 Å². The number of ether oxygens (including phenoxy) is 1. The maximum Gasteiger partial charge on any atom is 0.285 e. The fourth-order valence-corrected chi connectivity index (χ4v) is 1.87. The quantitative estimate of drug-likeness (QED) is 0.812. The number of rotatable bonds is 5. The average Bonchev–Trinajstić information content (AvgIpc) is 2.76. The second-order valence-corrected chi connectivity index (χ2v) is 4.27. The first-order valence-electron chi connectivity index (χ1n) is 6.37. The minimum atomic E-state index is -0.485. The Morgan fingerprint density at radius 1 is 1.38 bits per heavy atom. The molecule has 0 aliphatic rings. The fourth-order valence-electron chi connectivity index (χ4n) is 1.87. The molecule has 2 N–H and O–H groups in total. The number of aromatic nitrogens is 2. The first-order chi connectivity index (χ1) is 10.1. The second kappa shape index (κ2) is 6.08. The first-order valence-corrected chi connectivity index (χ1v) is 6.37. The Morgan fingerprint density at radius 2 is 2.05 bits per heavy atom. The SMILES string of the molecule is CCOc1[nH]n(-c2ccc(NC(C)=O)cc2)c(=O)c1C=O. The zero-order valence-corrected chi connectivity index (χ0v) is 11.7. The van der Waals surface area contributed by atoms with Crippen LogP contribution < -0.4 is 15.6 Å². The molecule has 0 saturated heterocycles. The van der Waals surface area contributed by atoms with Gasteiger partial charge in [-0.3, -0.25) is 19.5 Å². The van der Waals surface area contributed by atoms with Crippen LogP contribution in [0.5, 0.6) is 5.88 Å². The second-order valence-electron chi connectivity index (χ2n) is 4.27. The number of anilines is 1. The number of hydrogen-bond acceptors (Lipinski definition) is 4. The Morgan fingerprint density at radius 3 is 2.57 bits per heavy atom. The minimum absolute atomic E-state index is 0.0530. The summed E-state index contributed by atoms with van der Waals surface area (Å²) >= 11 is 0. The molecule has 21 heavy (non-hydrogen) atoms. The van der Waals surface area contributed by atoms with Crippen LogP contribution >= 0.6 is 0 Å². The summed E-state index contributed by atoms with van der Waals surface area (Å²) in [6.07, 6.45) is 0.464. The molecule has 0 aliphatic carbocycles. The van der Waals surface area contributed by atoms with Gasteiger partial charge in [0.2, 0.25) is 11.8 Å². The number of amides is 1. The summed E-state index contributed by atoms with van der Waals surface area (Å²) in [5.41, 5.74) is 0.609. The van der Waals surface area contributed by atoms with Crippen molar-refractivity contribution in [2.75, 3.05) is 11.9 Å². The molecular weight excluding hydrogens is 274 g/mol. The number of carbonyl (C=O) groups is 2. The van der Waals surface area contributed by atoms with Gasteiger partial charge in [0.25, 0.3) is 5.56 Å². The average molecular weight is 289 g/mol. The Kier molecular flexibility index (Phi) is 4.22. The fraction of sp³-hybridized carbons (Fsp3) is 0.214. The Labute approximate surface area is 120 Å². The molecule has 2 aromatic rings. The lowest BCUT2D eigenvalue weighted by Crippen LogP contribution is -2.17. The van der Waals surface area contributed by atoms with E-state index in [1.54, 1.807) is 31.2 Å². The van der Waals surface area contributed by atoms with Crippen LogP contribution in [0.4, 0.5) is 5.69 Å². The molecule has 0 fully saturated rings. The smallest absolute Gasteiger partial charge is 0.285 e. The molecule has 0 spiro atoms. The molecule has 0 radical (unpaired) electrons. The van der Waals surface area contributed by atoms with Crippen molar-refractivity contribution in [2.45, 2.75) is 13.8 Å². The number of H-pyrrole nitrogens is 1. The van der Waals surface area contributed by atoms with Gasteiger partial charge in [0.1, 0.15) is 5.56 Å². The van der Waals surface area contributed by atoms with Crippen molar-refractivity contribution in [1.29, 1.82) is 0 Å². The standard InChI is InChI=1S/C14H15N3O4/c1-3-21-13-12(8-18)14(20)17(16-13)11-6-4-10(5-7-11)15-9(2)19/h4-8,16H,3H2,1-2H3,(H,15,19). The van der Waals surface area contributed by atoms with Crippen molar-refractivity contribution in [3.05, 3.63) is 40.2 Å². The van der Waals surface area contributed by atoms with Gasteiger partial charge in [0.05, 0.1) is 12.3 Å². The molecular formula is C14H15N3O4. The van der Waals surface area contributed by atoms with E-state index in [0.29, 0.717) is 24.3 Å². The lowest BCUT2D eigenvalue weighted by atomic mass is 10.3. The van der Waals surface area contributed by atoms with E-state index in [1.165, 1.54) is 11.6 Å². The largest absolute Gasteiger partial charge is 0.478 e. The van der Waals surface area contributed by atoms with Gasteiger partial charge in [0, 0.05) is 12.6 Å². The molecule has 1 amide bonds. The van der Waals surface area contributed by atoms with E-state index in [0.717, 1.165) is 0 Å². The number of carbonyl (C=O) groups excluding carboxylic acids is 2. The topological polar surface area (TPSA) is 93.2 Å². The van der Waals surface area contributed by atoms with E-state index >= 15 is 0 Å². The van der Waals surface area contributed by atoms with Crippen molar-refractivity contribution in [3.8, 4) is 11.6 Å². The highest BCUT2D eigenvalue weighted by molar-refractivity contribution is 5.88. The van der Waals surface area contributed by atoms with Crippen LogP contribution in [0.15, 0.2) is 29.1 Å². The van der Waals surface area contributed by atoms with Gasteiger partial charge in [-0.1, -0.05) is 0 Å². The Balaban J connectivity index is 2.40. The number of hydrogen-bond donors (Lipinski definition) is 2. The third kappa shape index (κ3) is 3.02. The normalized spacial score (nSPS) is 10.2. The predicted octanol–water partition coefficient (Wildman–Crippen LogP) is 1.34. The molecule has 110 valence electrons. The first kappa shape index (κ1) is 14.6. The molecule has 0 atom stereocenters. The van der Waals surface area contributed by atoms with E-state index in [-0.39, 0.29) is 17.4 Å². The molecule has 0 aliphatic heterocycles. The summed E-state index contributed by atoms with van der Waals surface area (Å²) < 4.78 is 6.44. The van der Waals surface area contributed by atoms with Crippen LogP contribution in [0.1, 0.15) is 24.2 Å². The van der Waals surface area contributed by atoms with Gasteiger partial charge in [-0.15, -0.1) is 0 Å². The number of aldehydes is 1. The van der Waals surface area contributed by atoms with E-state index in [9.17, 15) is 14.4 Å². The highest BCUT2D eigenvalue weighted by atomic mass is 16.5. The van der Waals surface area contributed by atoms with Crippen LogP contribution in [0.25, 0.3) is 5.69 Å². The van der Waals surface area contributed by atoms with Gasteiger partial charge in [-0.05, 0) is 31.2 Å².